The fraction of sp³-hybridized carbons (Fsp3) is 0.567. The summed E-state index contributed by atoms with van der Waals surface area (Å²) < 4.78 is 0. The van der Waals surface area contributed by atoms with E-state index in [0.717, 1.165) is 12.8 Å². The van der Waals surface area contributed by atoms with Crippen LogP contribution in [0.4, 0.5) is 0 Å². The van der Waals surface area contributed by atoms with E-state index in [1.165, 1.54) is 94.6 Å². The van der Waals surface area contributed by atoms with Gasteiger partial charge in [0.2, 0.25) is 0 Å². The second kappa shape index (κ2) is 20.8. The molecule has 0 fully saturated rings. The quantitative estimate of drug-likeness (QED) is 0.250. The number of rotatable bonds is 17. The monoisotopic (exact) mass is 438 g/mol. The molecule has 0 bridgehead atoms. The maximum atomic E-state index is 10.3. The van der Waals surface area contributed by atoms with Gasteiger partial charge in [0, 0.05) is 6.42 Å². The van der Waals surface area contributed by atoms with Crippen LogP contribution in [0.1, 0.15) is 108 Å². The molecule has 0 heterocycles. The van der Waals surface area contributed by atoms with Gasteiger partial charge in [-0.25, -0.2) is 0 Å². The molecular weight excluding hydrogens is 392 g/mol. The van der Waals surface area contributed by atoms with Gasteiger partial charge in [0.1, 0.15) is 0 Å². The van der Waals surface area contributed by atoms with Crippen molar-refractivity contribution in [1.29, 1.82) is 0 Å². The molecule has 178 valence electrons. The largest absolute Gasteiger partial charge is 0.481 e. The van der Waals surface area contributed by atoms with Gasteiger partial charge in [-0.3, -0.25) is 4.79 Å². The number of aliphatic carboxylic acids is 1. The number of carbonyl (C=O) groups is 1. The van der Waals surface area contributed by atoms with Crippen LogP contribution in [0.3, 0.4) is 0 Å². The molecule has 0 amide bonds. The van der Waals surface area contributed by atoms with Crippen molar-refractivity contribution in [3.05, 3.63) is 71.8 Å². The molecule has 2 heteroatoms. The highest BCUT2D eigenvalue weighted by Crippen LogP contribution is 2.12. The van der Waals surface area contributed by atoms with E-state index in [2.05, 4.69) is 67.6 Å². The van der Waals surface area contributed by atoms with Gasteiger partial charge in [-0.15, -0.1) is 0 Å². The molecule has 2 rings (SSSR count). The molecular formula is C30H46O2. The van der Waals surface area contributed by atoms with Crippen LogP contribution in [0.15, 0.2) is 60.7 Å². The molecule has 0 aliphatic heterocycles. The first-order valence-corrected chi connectivity index (χ1v) is 13.0. The predicted octanol–water partition coefficient (Wildman–Crippen LogP) is 9.02. The highest BCUT2D eigenvalue weighted by Gasteiger charge is 1.97. The van der Waals surface area contributed by atoms with Gasteiger partial charge in [0.25, 0.3) is 0 Å². The number of benzene rings is 2. The molecule has 2 aromatic rings. The predicted molar refractivity (Wildman–Crippen MR) is 138 cm³/mol. The van der Waals surface area contributed by atoms with Gasteiger partial charge < -0.3 is 5.11 Å². The van der Waals surface area contributed by atoms with Crippen molar-refractivity contribution in [3.63, 3.8) is 0 Å². The molecule has 0 aliphatic rings. The number of unbranched alkanes of at least 4 members (excludes halogenated alkanes) is 11. The lowest BCUT2D eigenvalue weighted by Crippen LogP contribution is -1.93. The van der Waals surface area contributed by atoms with Gasteiger partial charge in [0.05, 0.1) is 0 Å². The fourth-order valence-corrected chi connectivity index (χ4v) is 3.90. The van der Waals surface area contributed by atoms with Crippen molar-refractivity contribution >= 4 is 5.97 Å². The standard InChI is InChI=1S/C15H30O2.C15H16/c1-2-3-4-5-6-7-8-9-10-11-12-13-14-15(16)17;1-3-8-14(9-4-1)12-7-13-15-10-5-2-6-11-15/h2-14H2,1H3,(H,16,17);1-6,8-11H,7,12-13H2. The minimum absolute atomic E-state index is 0.345. The summed E-state index contributed by atoms with van der Waals surface area (Å²) in [6, 6.07) is 21.4. The average molecular weight is 439 g/mol. The minimum atomic E-state index is -0.655. The first-order chi connectivity index (χ1) is 15.7. The van der Waals surface area contributed by atoms with E-state index in [1.54, 1.807) is 0 Å². The van der Waals surface area contributed by atoms with Crippen LogP contribution < -0.4 is 0 Å². The Morgan fingerprint density at radius 1 is 0.562 bits per heavy atom. The molecule has 0 aliphatic carbocycles. The Kier molecular flexibility index (Phi) is 18.2. The first-order valence-electron chi connectivity index (χ1n) is 13.0. The summed E-state index contributed by atoms with van der Waals surface area (Å²) in [6.45, 7) is 2.25. The Labute approximate surface area is 197 Å². The van der Waals surface area contributed by atoms with Crippen LogP contribution in [-0.4, -0.2) is 11.1 Å². The van der Waals surface area contributed by atoms with E-state index < -0.39 is 5.97 Å². The molecule has 2 nitrogen and oxygen atoms in total. The average Bonchev–Trinajstić information content (AvgIpc) is 2.81. The summed E-state index contributed by atoms with van der Waals surface area (Å²) in [6.07, 6.45) is 19.4. The highest BCUT2D eigenvalue weighted by molar-refractivity contribution is 5.66. The van der Waals surface area contributed by atoms with E-state index in [0.29, 0.717) is 6.42 Å². The van der Waals surface area contributed by atoms with Crippen molar-refractivity contribution in [3.8, 4) is 0 Å². The van der Waals surface area contributed by atoms with Crippen LogP contribution >= 0.6 is 0 Å². The summed E-state index contributed by atoms with van der Waals surface area (Å²) in [5.41, 5.74) is 2.88. The maximum absolute atomic E-state index is 10.3. The van der Waals surface area contributed by atoms with Gasteiger partial charge in [0.15, 0.2) is 0 Å². The zero-order valence-electron chi connectivity index (χ0n) is 20.4. The zero-order chi connectivity index (χ0) is 23.1. The maximum Gasteiger partial charge on any atom is 0.303 e. The van der Waals surface area contributed by atoms with Crippen molar-refractivity contribution in [2.75, 3.05) is 0 Å². The Morgan fingerprint density at radius 3 is 1.31 bits per heavy atom. The summed E-state index contributed by atoms with van der Waals surface area (Å²) in [5.74, 6) is -0.655. The molecule has 0 unspecified atom stereocenters. The summed E-state index contributed by atoms with van der Waals surface area (Å²) in [4.78, 5) is 10.3. The number of aryl methyl sites for hydroxylation is 2. The molecule has 0 saturated heterocycles. The lowest BCUT2D eigenvalue weighted by Gasteiger charge is -2.02. The van der Waals surface area contributed by atoms with Gasteiger partial charge in [-0.2, -0.15) is 0 Å². The lowest BCUT2D eigenvalue weighted by molar-refractivity contribution is -0.137. The Balaban J connectivity index is 0.000000321. The number of carboxylic acids is 1. The van der Waals surface area contributed by atoms with E-state index >= 15 is 0 Å². The van der Waals surface area contributed by atoms with Crippen LogP contribution in [-0.2, 0) is 17.6 Å². The second-order valence-electron chi connectivity index (χ2n) is 8.86. The van der Waals surface area contributed by atoms with Crippen molar-refractivity contribution < 1.29 is 9.90 Å². The van der Waals surface area contributed by atoms with E-state index in [-0.39, 0.29) is 0 Å². The second-order valence-corrected chi connectivity index (χ2v) is 8.86. The van der Waals surface area contributed by atoms with E-state index in [1.807, 2.05) is 0 Å². The van der Waals surface area contributed by atoms with Crippen LogP contribution in [0.2, 0.25) is 0 Å². The van der Waals surface area contributed by atoms with Crippen LogP contribution in [0, 0.1) is 0 Å². The molecule has 32 heavy (non-hydrogen) atoms. The minimum Gasteiger partial charge on any atom is -0.481 e. The smallest absolute Gasteiger partial charge is 0.303 e. The Morgan fingerprint density at radius 2 is 0.938 bits per heavy atom. The van der Waals surface area contributed by atoms with E-state index in [9.17, 15) is 4.79 Å². The molecule has 1 N–H and O–H groups in total. The summed E-state index contributed by atoms with van der Waals surface area (Å²) >= 11 is 0. The molecule has 0 radical (unpaired) electrons. The molecule has 0 aromatic heterocycles. The molecule has 0 saturated carbocycles. The zero-order valence-corrected chi connectivity index (χ0v) is 20.4. The molecule has 0 spiro atoms. The van der Waals surface area contributed by atoms with Crippen molar-refractivity contribution in [2.45, 2.75) is 110 Å². The summed E-state index contributed by atoms with van der Waals surface area (Å²) in [5, 5.41) is 8.47. The van der Waals surface area contributed by atoms with Crippen molar-refractivity contribution in [1.82, 2.24) is 0 Å². The van der Waals surface area contributed by atoms with Crippen molar-refractivity contribution in [2.24, 2.45) is 0 Å². The van der Waals surface area contributed by atoms with Gasteiger partial charge in [-0.05, 0) is 36.8 Å². The lowest BCUT2D eigenvalue weighted by atomic mass is 10.0. The SMILES string of the molecule is CCCCCCCCCCCCCCC(=O)O.c1ccc(CCCc2ccccc2)cc1. The summed E-state index contributed by atoms with van der Waals surface area (Å²) in [7, 11) is 0. The van der Waals surface area contributed by atoms with Crippen LogP contribution in [0.25, 0.3) is 0 Å². The third kappa shape index (κ3) is 17.6. The normalized spacial score (nSPS) is 10.4. The Bertz CT molecular complexity index is 612. The third-order valence-electron chi connectivity index (χ3n) is 5.86. The molecule has 0 atom stereocenters. The molecule has 2 aromatic carbocycles. The first kappa shape index (κ1) is 27.9. The topological polar surface area (TPSA) is 37.3 Å². The van der Waals surface area contributed by atoms with Gasteiger partial charge in [-0.1, -0.05) is 138 Å². The van der Waals surface area contributed by atoms with E-state index in [4.69, 9.17) is 5.11 Å². The number of hydrogen-bond donors (Lipinski definition) is 1. The fourth-order valence-electron chi connectivity index (χ4n) is 3.90. The number of carboxylic acid groups (broad SMARTS) is 1. The third-order valence-corrected chi connectivity index (χ3v) is 5.86. The highest BCUT2D eigenvalue weighted by atomic mass is 16.4. The van der Waals surface area contributed by atoms with Gasteiger partial charge >= 0.3 is 5.97 Å². The Hall–Kier alpha value is -2.09. The number of hydrogen-bond acceptors (Lipinski definition) is 1. The van der Waals surface area contributed by atoms with Crippen LogP contribution in [0.5, 0.6) is 0 Å².